The van der Waals surface area contributed by atoms with Crippen LogP contribution in [0, 0.1) is 0 Å². The molecule has 2 atom stereocenters. The highest BCUT2D eigenvalue weighted by molar-refractivity contribution is 5.32. The van der Waals surface area contributed by atoms with Crippen molar-refractivity contribution in [2.45, 2.75) is 52.2 Å². The summed E-state index contributed by atoms with van der Waals surface area (Å²) in [6.45, 7) is 10.1. The van der Waals surface area contributed by atoms with Gasteiger partial charge in [0.15, 0.2) is 0 Å². The molecule has 0 fully saturated rings. The number of hydrogen-bond acceptors (Lipinski definition) is 2. The van der Waals surface area contributed by atoms with Crippen LogP contribution in [0.4, 0.5) is 0 Å². The Hall–Kier alpha value is -1.02. The van der Waals surface area contributed by atoms with Crippen molar-refractivity contribution >= 4 is 0 Å². The summed E-state index contributed by atoms with van der Waals surface area (Å²) in [5.74, 6) is 0.820. The molecule has 2 heteroatoms. The summed E-state index contributed by atoms with van der Waals surface area (Å²) in [7, 11) is 0. The normalized spacial score (nSPS) is 15.6. The van der Waals surface area contributed by atoms with E-state index in [4.69, 9.17) is 4.74 Å². The lowest BCUT2D eigenvalue weighted by atomic mass is 9.87. The average Bonchev–Trinajstić information content (AvgIpc) is 2.16. The first-order valence-electron chi connectivity index (χ1n) is 5.76. The first kappa shape index (κ1) is 13.0. The van der Waals surface area contributed by atoms with Gasteiger partial charge in [-0.2, -0.15) is 0 Å². The van der Waals surface area contributed by atoms with E-state index < -0.39 is 6.10 Å². The summed E-state index contributed by atoms with van der Waals surface area (Å²) in [6.07, 6.45) is -0.645. The summed E-state index contributed by atoms with van der Waals surface area (Å²) >= 11 is 0. The molecule has 0 amide bonds. The van der Waals surface area contributed by atoms with E-state index >= 15 is 0 Å². The predicted molar refractivity (Wildman–Crippen MR) is 66.9 cm³/mol. The fourth-order valence-corrected chi connectivity index (χ4v) is 1.35. The van der Waals surface area contributed by atoms with Crippen molar-refractivity contribution in [3.63, 3.8) is 0 Å². The first-order valence-corrected chi connectivity index (χ1v) is 5.76. The molecule has 0 heterocycles. The van der Waals surface area contributed by atoms with Crippen LogP contribution in [0.25, 0.3) is 0 Å². The second-order valence-corrected chi connectivity index (χ2v) is 5.34. The minimum atomic E-state index is -0.460. The van der Waals surface area contributed by atoms with E-state index in [0.29, 0.717) is 0 Å². The molecule has 0 aromatic heterocycles. The molecule has 0 aliphatic heterocycles. The standard InChI is InChI=1S/C14H22O2/c1-10(15)11(2)16-13-8-6-7-12(9-13)14(3,4)5/h6-11,15H,1-5H3. The molecule has 0 spiro atoms. The van der Waals surface area contributed by atoms with Gasteiger partial charge in [-0.3, -0.25) is 0 Å². The third kappa shape index (κ3) is 3.53. The first-order chi connectivity index (χ1) is 7.30. The number of benzene rings is 1. The van der Waals surface area contributed by atoms with E-state index in [2.05, 4.69) is 26.8 Å². The molecular formula is C14H22O2. The van der Waals surface area contributed by atoms with Crippen molar-refractivity contribution in [3.05, 3.63) is 29.8 Å². The second-order valence-electron chi connectivity index (χ2n) is 5.34. The molecule has 1 rings (SSSR count). The van der Waals surface area contributed by atoms with E-state index in [1.54, 1.807) is 6.92 Å². The van der Waals surface area contributed by atoms with Crippen molar-refractivity contribution in [3.8, 4) is 5.75 Å². The Kier molecular flexibility index (Phi) is 3.98. The van der Waals surface area contributed by atoms with Gasteiger partial charge in [0.2, 0.25) is 0 Å². The monoisotopic (exact) mass is 222 g/mol. The molecule has 16 heavy (non-hydrogen) atoms. The van der Waals surface area contributed by atoms with Crippen LogP contribution in [0.5, 0.6) is 5.75 Å². The molecule has 0 aliphatic rings. The Morgan fingerprint density at radius 3 is 2.31 bits per heavy atom. The van der Waals surface area contributed by atoms with Crippen molar-refractivity contribution in [2.24, 2.45) is 0 Å². The van der Waals surface area contributed by atoms with Crippen LogP contribution in [0.3, 0.4) is 0 Å². The lowest BCUT2D eigenvalue weighted by Crippen LogP contribution is -2.25. The van der Waals surface area contributed by atoms with Crippen LogP contribution in [0.15, 0.2) is 24.3 Å². The van der Waals surface area contributed by atoms with Gasteiger partial charge in [-0.1, -0.05) is 32.9 Å². The van der Waals surface area contributed by atoms with Crippen LogP contribution in [-0.2, 0) is 5.41 Å². The minimum Gasteiger partial charge on any atom is -0.488 e. The summed E-state index contributed by atoms with van der Waals surface area (Å²) in [4.78, 5) is 0. The van der Waals surface area contributed by atoms with Crippen LogP contribution < -0.4 is 4.74 Å². The van der Waals surface area contributed by atoms with Gasteiger partial charge >= 0.3 is 0 Å². The maximum absolute atomic E-state index is 9.39. The molecule has 2 unspecified atom stereocenters. The number of hydrogen-bond donors (Lipinski definition) is 1. The summed E-state index contributed by atoms with van der Waals surface area (Å²) in [6, 6.07) is 8.05. The van der Waals surface area contributed by atoms with Crippen molar-refractivity contribution in [2.75, 3.05) is 0 Å². The van der Waals surface area contributed by atoms with Gasteiger partial charge in [0.05, 0.1) is 6.10 Å². The number of ether oxygens (including phenoxy) is 1. The van der Waals surface area contributed by atoms with Gasteiger partial charge in [-0.15, -0.1) is 0 Å². The molecule has 1 aromatic rings. The molecule has 0 saturated heterocycles. The van der Waals surface area contributed by atoms with Crippen LogP contribution in [0.2, 0.25) is 0 Å². The fraction of sp³-hybridized carbons (Fsp3) is 0.571. The third-order valence-electron chi connectivity index (χ3n) is 2.70. The lowest BCUT2D eigenvalue weighted by Gasteiger charge is -2.22. The van der Waals surface area contributed by atoms with E-state index in [9.17, 15) is 5.11 Å². The lowest BCUT2D eigenvalue weighted by molar-refractivity contribution is 0.0603. The van der Waals surface area contributed by atoms with E-state index in [0.717, 1.165) is 5.75 Å². The average molecular weight is 222 g/mol. The molecule has 2 nitrogen and oxygen atoms in total. The number of rotatable bonds is 3. The summed E-state index contributed by atoms with van der Waals surface area (Å²) < 4.78 is 5.66. The molecule has 90 valence electrons. The highest BCUT2D eigenvalue weighted by Gasteiger charge is 2.15. The van der Waals surface area contributed by atoms with E-state index in [1.165, 1.54) is 5.56 Å². The van der Waals surface area contributed by atoms with Gasteiger partial charge in [0.25, 0.3) is 0 Å². The maximum atomic E-state index is 9.39. The Morgan fingerprint density at radius 1 is 1.19 bits per heavy atom. The zero-order valence-electron chi connectivity index (χ0n) is 10.8. The maximum Gasteiger partial charge on any atom is 0.121 e. The zero-order valence-corrected chi connectivity index (χ0v) is 10.8. The highest BCUT2D eigenvalue weighted by Crippen LogP contribution is 2.26. The van der Waals surface area contributed by atoms with Crippen molar-refractivity contribution in [1.82, 2.24) is 0 Å². The summed E-state index contributed by atoms with van der Waals surface area (Å²) in [5, 5.41) is 9.39. The predicted octanol–water partition coefficient (Wildman–Crippen LogP) is 3.13. The molecular weight excluding hydrogens is 200 g/mol. The molecule has 0 bridgehead atoms. The second kappa shape index (κ2) is 4.88. The van der Waals surface area contributed by atoms with Gasteiger partial charge in [-0.25, -0.2) is 0 Å². The SMILES string of the molecule is CC(O)C(C)Oc1cccc(C(C)(C)C)c1. The zero-order chi connectivity index (χ0) is 12.3. The topological polar surface area (TPSA) is 29.5 Å². The largest absolute Gasteiger partial charge is 0.488 e. The Balaban J connectivity index is 2.83. The van der Waals surface area contributed by atoms with Crippen LogP contribution in [0.1, 0.15) is 40.2 Å². The summed E-state index contributed by atoms with van der Waals surface area (Å²) in [5.41, 5.74) is 1.36. The van der Waals surface area contributed by atoms with Crippen LogP contribution in [-0.4, -0.2) is 17.3 Å². The molecule has 1 aromatic carbocycles. The fourth-order valence-electron chi connectivity index (χ4n) is 1.35. The van der Waals surface area contributed by atoms with Gasteiger partial charge in [-0.05, 0) is 37.0 Å². The molecule has 0 aliphatic carbocycles. The van der Waals surface area contributed by atoms with E-state index in [-0.39, 0.29) is 11.5 Å². The molecule has 0 saturated carbocycles. The minimum absolute atomic E-state index is 0.118. The third-order valence-corrected chi connectivity index (χ3v) is 2.70. The number of aliphatic hydroxyl groups is 1. The smallest absolute Gasteiger partial charge is 0.121 e. The van der Waals surface area contributed by atoms with Crippen molar-refractivity contribution in [1.29, 1.82) is 0 Å². The quantitative estimate of drug-likeness (QED) is 0.851. The Morgan fingerprint density at radius 2 is 1.81 bits per heavy atom. The van der Waals surface area contributed by atoms with Gasteiger partial charge in [0, 0.05) is 0 Å². The van der Waals surface area contributed by atoms with Gasteiger partial charge < -0.3 is 9.84 Å². The Bertz CT molecular complexity index is 337. The van der Waals surface area contributed by atoms with Crippen LogP contribution >= 0.6 is 0 Å². The van der Waals surface area contributed by atoms with Crippen molar-refractivity contribution < 1.29 is 9.84 Å². The molecule has 1 N–H and O–H groups in total. The molecule has 0 radical (unpaired) electrons. The van der Waals surface area contributed by atoms with Gasteiger partial charge in [0.1, 0.15) is 11.9 Å². The highest BCUT2D eigenvalue weighted by atomic mass is 16.5. The number of aliphatic hydroxyl groups excluding tert-OH is 1. The van der Waals surface area contributed by atoms with E-state index in [1.807, 2.05) is 25.1 Å². The Labute approximate surface area is 98.3 Å².